The number of aliphatic hydroxyl groups is 1. The molecule has 2 N–H and O–H groups in total. The van der Waals surface area contributed by atoms with E-state index in [9.17, 15) is 10.2 Å². The maximum atomic E-state index is 10.8. The predicted molar refractivity (Wildman–Crippen MR) is 104 cm³/mol. The van der Waals surface area contributed by atoms with Crippen molar-refractivity contribution in [3.8, 4) is 5.75 Å². The smallest absolute Gasteiger partial charge is 0.126 e. The lowest BCUT2D eigenvalue weighted by molar-refractivity contribution is 0.00624. The van der Waals surface area contributed by atoms with Crippen molar-refractivity contribution in [3.63, 3.8) is 0 Å². The summed E-state index contributed by atoms with van der Waals surface area (Å²) in [5.41, 5.74) is 1.78. The molecule has 2 saturated carbocycles. The molecule has 2 aliphatic carbocycles. The van der Waals surface area contributed by atoms with Crippen LogP contribution in [0, 0.1) is 16.7 Å². The van der Waals surface area contributed by atoms with Gasteiger partial charge in [-0.25, -0.2) is 0 Å². The Morgan fingerprint density at radius 3 is 2.44 bits per heavy atom. The largest absolute Gasteiger partial charge is 0.507 e. The van der Waals surface area contributed by atoms with Crippen LogP contribution in [0.2, 0.25) is 0 Å². The van der Waals surface area contributed by atoms with Gasteiger partial charge in [0.05, 0.1) is 12.1 Å². The SMILES string of the molecule is CCN(CC)c1ccc(C=N[C@@H]2[C@H]3CC[C@@](C)([C@@H]2O)C3(C)C)c(O)c1. The molecule has 138 valence electrons. The van der Waals surface area contributed by atoms with Crippen molar-refractivity contribution in [2.75, 3.05) is 18.0 Å². The minimum Gasteiger partial charge on any atom is -0.507 e. The number of fused-ring (bicyclic) bond motifs is 2. The van der Waals surface area contributed by atoms with Crippen molar-refractivity contribution in [1.82, 2.24) is 0 Å². The van der Waals surface area contributed by atoms with E-state index >= 15 is 0 Å². The molecule has 0 amide bonds. The van der Waals surface area contributed by atoms with Crippen LogP contribution in [0.25, 0.3) is 0 Å². The van der Waals surface area contributed by atoms with Gasteiger partial charge in [-0.2, -0.15) is 0 Å². The van der Waals surface area contributed by atoms with Crippen LogP contribution in [0.3, 0.4) is 0 Å². The third-order valence-electron chi connectivity index (χ3n) is 7.29. The van der Waals surface area contributed by atoms with Gasteiger partial charge in [-0.3, -0.25) is 4.99 Å². The van der Waals surface area contributed by atoms with E-state index < -0.39 is 6.10 Å². The molecule has 2 bridgehead atoms. The van der Waals surface area contributed by atoms with Crippen LogP contribution in [-0.2, 0) is 0 Å². The van der Waals surface area contributed by atoms with Crippen molar-refractivity contribution in [2.45, 2.75) is 59.6 Å². The lowest BCUT2D eigenvalue weighted by atomic mass is 9.70. The Hall–Kier alpha value is -1.55. The van der Waals surface area contributed by atoms with E-state index in [2.05, 4.69) is 39.5 Å². The second-order valence-electron chi connectivity index (χ2n) is 8.41. The van der Waals surface area contributed by atoms with Gasteiger partial charge in [0.1, 0.15) is 5.75 Å². The molecular formula is C21H32N2O2. The number of rotatable bonds is 5. The van der Waals surface area contributed by atoms with Crippen LogP contribution < -0.4 is 4.90 Å². The van der Waals surface area contributed by atoms with Gasteiger partial charge in [-0.15, -0.1) is 0 Å². The summed E-state index contributed by atoms with van der Waals surface area (Å²) in [5, 5.41) is 21.2. The fourth-order valence-corrected chi connectivity index (χ4v) is 5.06. The number of aliphatic hydroxyl groups excluding tert-OH is 1. The Morgan fingerprint density at radius 1 is 1.24 bits per heavy atom. The number of anilines is 1. The van der Waals surface area contributed by atoms with Crippen molar-refractivity contribution in [3.05, 3.63) is 23.8 Å². The van der Waals surface area contributed by atoms with E-state index in [-0.39, 0.29) is 22.6 Å². The quantitative estimate of drug-likeness (QED) is 0.798. The van der Waals surface area contributed by atoms with Gasteiger partial charge in [-0.05, 0) is 50.2 Å². The molecule has 25 heavy (non-hydrogen) atoms. The molecule has 1 aromatic rings. The lowest BCUT2D eigenvalue weighted by Crippen LogP contribution is -2.39. The van der Waals surface area contributed by atoms with E-state index in [0.717, 1.165) is 31.6 Å². The first kappa shape index (κ1) is 18.2. The summed E-state index contributed by atoms with van der Waals surface area (Å²) in [6, 6.07) is 5.67. The second-order valence-corrected chi connectivity index (χ2v) is 8.41. The Labute approximate surface area is 151 Å². The fourth-order valence-electron chi connectivity index (χ4n) is 5.06. The van der Waals surface area contributed by atoms with Crippen molar-refractivity contribution < 1.29 is 10.2 Å². The number of nitrogens with zero attached hydrogens (tertiary/aromatic N) is 2. The van der Waals surface area contributed by atoms with E-state index in [0.29, 0.717) is 11.5 Å². The first-order valence-electron chi connectivity index (χ1n) is 9.55. The topological polar surface area (TPSA) is 56.1 Å². The van der Waals surface area contributed by atoms with Crippen molar-refractivity contribution in [2.24, 2.45) is 21.7 Å². The highest BCUT2D eigenvalue weighted by Gasteiger charge is 2.65. The molecule has 0 radical (unpaired) electrons. The molecule has 4 heteroatoms. The molecule has 1 aromatic carbocycles. The average molecular weight is 344 g/mol. The predicted octanol–water partition coefficient (Wildman–Crippen LogP) is 3.84. The highest BCUT2D eigenvalue weighted by molar-refractivity contribution is 5.84. The summed E-state index contributed by atoms with van der Waals surface area (Å²) in [6.07, 6.45) is 3.53. The van der Waals surface area contributed by atoms with Crippen LogP contribution in [0.1, 0.15) is 53.0 Å². The standard InChI is InChI=1S/C21H32N2O2/c1-6-23(7-2)15-9-8-14(17(24)12-15)13-22-18-16-10-11-21(5,19(18)25)20(16,3)4/h8-9,12-13,16,18-19,24-25H,6-7,10-11H2,1-5H3/t16-,18-,19-,21+/m1/s1. The third-order valence-corrected chi connectivity index (χ3v) is 7.29. The molecule has 3 rings (SSSR count). The number of phenols is 1. The zero-order valence-electron chi connectivity index (χ0n) is 16.2. The van der Waals surface area contributed by atoms with Crippen LogP contribution in [0.5, 0.6) is 5.75 Å². The number of phenolic OH excluding ortho intramolecular Hbond substituents is 1. The van der Waals surface area contributed by atoms with Gasteiger partial charge in [0.25, 0.3) is 0 Å². The zero-order chi connectivity index (χ0) is 18.4. The van der Waals surface area contributed by atoms with Crippen LogP contribution in [-0.4, -0.2) is 41.7 Å². The molecule has 2 aliphatic rings. The third kappa shape index (κ3) is 2.66. The van der Waals surface area contributed by atoms with E-state index in [1.165, 1.54) is 0 Å². The fraction of sp³-hybridized carbons (Fsp3) is 0.667. The monoisotopic (exact) mass is 344 g/mol. The summed E-state index contributed by atoms with van der Waals surface area (Å²) in [4.78, 5) is 6.92. The molecule has 0 spiro atoms. The minimum absolute atomic E-state index is 0.0612. The summed E-state index contributed by atoms with van der Waals surface area (Å²) < 4.78 is 0. The first-order chi connectivity index (χ1) is 11.8. The Bertz CT molecular complexity index is 666. The van der Waals surface area contributed by atoms with Gasteiger partial charge < -0.3 is 15.1 Å². The van der Waals surface area contributed by atoms with Gasteiger partial charge in [0, 0.05) is 42.0 Å². The highest BCUT2D eigenvalue weighted by Crippen LogP contribution is 2.66. The number of aromatic hydroxyl groups is 1. The average Bonchev–Trinajstić information content (AvgIpc) is 2.88. The van der Waals surface area contributed by atoms with Crippen LogP contribution >= 0.6 is 0 Å². The van der Waals surface area contributed by atoms with Crippen molar-refractivity contribution >= 4 is 11.9 Å². The van der Waals surface area contributed by atoms with E-state index in [1.807, 2.05) is 12.1 Å². The summed E-state index contributed by atoms with van der Waals surface area (Å²) in [5.74, 6) is 0.650. The maximum absolute atomic E-state index is 10.8. The number of hydrogen-bond acceptors (Lipinski definition) is 4. The maximum Gasteiger partial charge on any atom is 0.126 e. The van der Waals surface area contributed by atoms with Gasteiger partial charge in [0.2, 0.25) is 0 Å². The first-order valence-corrected chi connectivity index (χ1v) is 9.55. The summed E-state index contributed by atoms with van der Waals surface area (Å²) in [7, 11) is 0. The van der Waals surface area contributed by atoms with Gasteiger partial charge >= 0.3 is 0 Å². The number of hydrogen-bond donors (Lipinski definition) is 2. The second kappa shape index (κ2) is 6.31. The molecular weight excluding hydrogens is 312 g/mol. The minimum atomic E-state index is -0.408. The molecule has 0 aliphatic heterocycles. The number of benzene rings is 1. The molecule has 4 atom stereocenters. The van der Waals surface area contributed by atoms with E-state index in [1.54, 1.807) is 12.3 Å². The molecule has 2 fully saturated rings. The number of aliphatic imine (C=N–C) groups is 1. The van der Waals surface area contributed by atoms with Crippen LogP contribution in [0.15, 0.2) is 23.2 Å². The molecule has 0 heterocycles. The zero-order valence-corrected chi connectivity index (χ0v) is 16.2. The lowest BCUT2D eigenvalue weighted by Gasteiger charge is -2.36. The summed E-state index contributed by atoms with van der Waals surface area (Å²) >= 11 is 0. The molecule has 4 nitrogen and oxygen atoms in total. The van der Waals surface area contributed by atoms with Gasteiger partial charge in [0.15, 0.2) is 0 Å². The Balaban J connectivity index is 1.82. The van der Waals surface area contributed by atoms with Crippen molar-refractivity contribution in [1.29, 1.82) is 0 Å². The highest BCUT2D eigenvalue weighted by atomic mass is 16.3. The molecule has 0 saturated heterocycles. The normalized spacial score (nSPS) is 33.3. The Morgan fingerprint density at radius 2 is 1.92 bits per heavy atom. The molecule has 0 aromatic heterocycles. The summed E-state index contributed by atoms with van der Waals surface area (Å²) in [6.45, 7) is 12.8. The van der Waals surface area contributed by atoms with Crippen LogP contribution in [0.4, 0.5) is 5.69 Å². The Kier molecular flexibility index (Phi) is 4.61. The van der Waals surface area contributed by atoms with E-state index in [4.69, 9.17) is 4.99 Å². The molecule has 0 unspecified atom stereocenters. The van der Waals surface area contributed by atoms with Gasteiger partial charge in [-0.1, -0.05) is 20.8 Å².